The predicted octanol–water partition coefficient (Wildman–Crippen LogP) is 3.27. The van der Waals surface area contributed by atoms with Crippen molar-refractivity contribution >= 4 is 11.6 Å². The Kier molecular flexibility index (Phi) is 4.75. The molecule has 0 aromatic heterocycles. The summed E-state index contributed by atoms with van der Waals surface area (Å²) in [5.41, 5.74) is 1.98. The lowest BCUT2D eigenvalue weighted by atomic mass is 10.1. The van der Waals surface area contributed by atoms with Gasteiger partial charge in [-0.05, 0) is 42.3 Å². The van der Waals surface area contributed by atoms with Crippen LogP contribution in [0.1, 0.15) is 21.5 Å². The summed E-state index contributed by atoms with van der Waals surface area (Å²) in [6.07, 6.45) is 0. The molecule has 3 nitrogen and oxygen atoms in total. The van der Waals surface area contributed by atoms with Crippen molar-refractivity contribution in [3.63, 3.8) is 0 Å². The van der Waals surface area contributed by atoms with Crippen molar-refractivity contribution in [3.05, 3.63) is 64.7 Å². The van der Waals surface area contributed by atoms with Crippen molar-refractivity contribution in [3.8, 4) is 0 Å². The zero-order valence-electron chi connectivity index (χ0n) is 12.8. The molecule has 5 heteroatoms. The Morgan fingerprint density at radius 2 is 1.82 bits per heavy atom. The number of carbonyl (C=O) groups excluding carboxylic acids is 1. The third kappa shape index (κ3) is 3.61. The van der Waals surface area contributed by atoms with Crippen LogP contribution in [0.2, 0.25) is 0 Å². The van der Waals surface area contributed by atoms with Crippen molar-refractivity contribution in [1.29, 1.82) is 0 Å². The van der Waals surface area contributed by atoms with E-state index in [2.05, 4.69) is 5.32 Å². The van der Waals surface area contributed by atoms with Gasteiger partial charge in [-0.15, -0.1) is 0 Å². The van der Waals surface area contributed by atoms with E-state index in [4.69, 9.17) is 0 Å². The zero-order chi connectivity index (χ0) is 16.3. The second kappa shape index (κ2) is 6.56. The van der Waals surface area contributed by atoms with Crippen molar-refractivity contribution in [2.45, 2.75) is 13.5 Å². The smallest absolute Gasteiger partial charge is 0.251 e. The number of hydrogen-bond donors (Lipinski definition) is 1. The largest absolute Gasteiger partial charge is 0.375 e. The molecule has 116 valence electrons. The number of anilines is 1. The molecule has 1 amide bonds. The summed E-state index contributed by atoms with van der Waals surface area (Å²) < 4.78 is 27.0. The number of hydrogen-bond acceptors (Lipinski definition) is 2. The van der Waals surface area contributed by atoms with Gasteiger partial charge in [-0.2, -0.15) is 0 Å². The summed E-state index contributed by atoms with van der Waals surface area (Å²) >= 11 is 0. The number of benzene rings is 2. The highest BCUT2D eigenvalue weighted by Gasteiger charge is 2.11. The average Bonchev–Trinajstić information content (AvgIpc) is 2.47. The molecule has 0 heterocycles. The van der Waals surface area contributed by atoms with Gasteiger partial charge < -0.3 is 10.2 Å². The van der Waals surface area contributed by atoms with Crippen LogP contribution in [0, 0.1) is 18.6 Å². The molecule has 0 aliphatic carbocycles. The molecule has 2 rings (SSSR count). The van der Waals surface area contributed by atoms with Gasteiger partial charge in [-0.3, -0.25) is 4.79 Å². The highest BCUT2D eigenvalue weighted by molar-refractivity contribution is 5.94. The van der Waals surface area contributed by atoms with Crippen LogP contribution in [-0.2, 0) is 6.54 Å². The van der Waals surface area contributed by atoms with Crippen molar-refractivity contribution in [2.24, 2.45) is 0 Å². The standard InChI is InChI=1S/C17H18F2N2O/c1-11-8-12(4-6-14(11)18)10-20-17(22)13-5-7-16(21(2)3)15(19)9-13/h4-9H,10H2,1-3H3,(H,20,22). The summed E-state index contributed by atoms with van der Waals surface area (Å²) in [6.45, 7) is 1.92. The Hall–Kier alpha value is -2.43. The number of amides is 1. The second-order valence-electron chi connectivity index (χ2n) is 5.33. The normalized spacial score (nSPS) is 10.4. The Morgan fingerprint density at radius 3 is 2.41 bits per heavy atom. The zero-order valence-corrected chi connectivity index (χ0v) is 12.8. The van der Waals surface area contributed by atoms with Crippen LogP contribution >= 0.6 is 0 Å². The van der Waals surface area contributed by atoms with Gasteiger partial charge in [0.2, 0.25) is 0 Å². The van der Waals surface area contributed by atoms with Crippen LogP contribution in [0.4, 0.5) is 14.5 Å². The molecule has 0 aliphatic heterocycles. The fourth-order valence-corrected chi connectivity index (χ4v) is 2.11. The quantitative estimate of drug-likeness (QED) is 0.940. The summed E-state index contributed by atoms with van der Waals surface area (Å²) in [4.78, 5) is 13.7. The minimum Gasteiger partial charge on any atom is -0.375 e. The maximum atomic E-state index is 13.9. The SMILES string of the molecule is Cc1cc(CNC(=O)c2ccc(N(C)C)c(F)c2)ccc1F. The first-order valence-corrected chi connectivity index (χ1v) is 6.88. The van der Waals surface area contributed by atoms with Crippen molar-refractivity contribution < 1.29 is 13.6 Å². The monoisotopic (exact) mass is 304 g/mol. The molecule has 2 aromatic carbocycles. The third-order valence-corrected chi connectivity index (χ3v) is 3.37. The molecular weight excluding hydrogens is 286 g/mol. The van der Waals surface area contributed by atoms with Crippen molar-refractivity contribution in [2.75, 3.05) is 19.0 Å². The fraction of sp³-hybridized carbons (Fsp3) is 0.235. The van der Waals surface area contributed by atoms with Crippen LogP contribution < -0.4 is 10.2 Å². The molecular formula is C17H18F2N2O. The van der Waals surface area contributed by atoms with Crippen LogP contribution in [0.25, 0.3) is 0 Å². The molecule has 2 aromatic rings. The molecule has 0 spiro atoms. The molecule has 0 fully saturated rings. The lowest BCUT2D eigenvalue weighted by molar-refractivity contribution is 0.0950. The number of carbonyl (C=O) groups is 1. The summed E-state index contributed by atoms with van der Waals surface area (Å²) in [5.74, 6) is -1.10. The molecule has 22 heavy (non-hydrogen) atoms. The first kappa shape index (κ1) is 15.9. The minimum atomic E-state index is -0.449. The summed E-state index contributed by atoms with van der Waals surface area (Å²) in [5, 5.41) is 2.70. The van der Waals surface area contributed by atoms with Crippen molar-refractivity contribution in [1.82, 2.24) is 5.32 Å². The number of nitrogens with one attached hydrogen (secondary N) is 1. The number of rotatable bonds is 4. The lowest BCUT2D eigenvalue weighted by Crippen LogP contribution is -2.23. The molecule has 0 bridgehead atoms. The van der Waals surface area contributed by atoms with Gasteiger partial charge in [0.15, 0.2) is 0 Å². The maximum Gasteiger partial charge on any atom is 0.251 e. The van der Waals surface area contributed by atoms with Gasteiger partial charge in [0.05, 0.1) is 5.69 Å². The van der Waals surface area contributed by atoms with E-state index in [0.717, 1.165) is 5.56 Å². The molecule has 0 radical (unpaired) electrons. The Morgan fingerprint density at radius 1 is 1.09 bits per heavy atom. The highest BCUT2D eigenvalue weighted by atomic mass is 19.1. The molecule has 0 saturated heterocycles. The van der Waals surface area contributed by atoms with Crippen LogP contribution in [0.3, 0.4) is 0 Å². The van der Waals surface area contributed by atoms with Gasteiger partial charge in [0.1, 0.15) is 11.6 Å². The molecule has 0 unspecified atom stereocenters. The van der Waals surface area contributed by atoms with Gasteiger partial charge >= 0.3 is 0 Å². The van der Waals surface area contributed by atoms with Crippen LogP contribution in [0.15, 0.2) is 36.4 Å². The van der Waals surface area contributed by atoms with E-state index < -0.39 is 5.82 Å². The lowest BCUT2D eigenvalue weighted by Gasteiger charge is -2.14. The summed E-state index contributed by atoms with van der Waals surface area (Å²) in [7, 11) is 3.46. The van der Waals surface area contributed by atoms with E-state index >= 15 is 0 Å². The minimum absolute atomic E-state index is 0.252. The molecule has 0 atom stereocenters. The highest BCUT2D eigenvalue weighted by Crippen LogP contribution is 2.18. The Bertz CT molecular complexity index is 699. The Balaban J connectivity index is 2.06. The fourth-order valence-electron chi connectivity index (χ4n) is 2.11. The van der Waals surface area contributed by atoms with E-state index in [1.165, 1.54) is 12.1 Å². The predicted molar refractivity (Wildman–Crippen MR) is 83.0 cm³/mol. The summed E-state index contributed by atoms with van der Waals surface area (Å²) in [6, 6.07) is 8.99. The molecule has 0 aliphatic rings. The first-order valence-electron chi connectivity index (χ1n) is 6.88. The van der Waals surface area contributed by atoms with E-state index in [1.807, 2.05) is 0 Å². The third-order valence-electron chi connectivity index (χ3n) is 3.37. The maximum absolute atomic E-state index is 13.9. The number of aryl methyl sites for hydroxylation is 1. The van der Waals surface area contributed by atoms with Crippen LogP contribution in [0.5, 0.6) is 0 Å². The average molecular weight is 304 g/mol. The van der Waals surface area contributed by atoms with E-state index in [-0.39, 0.29) is 23.8 Å². The van der Waals surface area contributed by atoms with Gasteiger partial charge in [0.25, 0.3) is 5.91 Å². The van der Waals surface area contributed by atoms with E-state index in [0.29, 0.717) is 11.3 Å². The van der Waals surface area contributed by atoms with E-state index in [9.17, 15) is 13.6 Å². The molecule has 0 saturated carbocycles. The van der Waals surface area contributed by atoms with Gasteiger partial charge in [0, 0.05) is 26.2 Å². The van der Waals surface area contributed by atoms with Gasteiger partial charge in [-0.1, -0.05) is 12.1 Å². The first-order chi connectivity index (χ1) is 10.4. The second-order valence-corrected chi connectivity index (χ2v) is 5.33. The number of halogens is 2. The van der Waals surface area contributed by atoms with Crippen LogP contribution in [-0.4, -0.2) is 20.0 Å². The topological polar surface area (TPSA) is 32.3 Å². The van der Waals surface area contributed by atoms with Gasteiger partial charge in [-0.25, -0.2) is 8.78 Å². The van der Waals surface area contributed by atoms with E-state index in [1.54, 1.807) is 50.2 Å². The number of nitrogens with zero attached hydrogens (tertiary/aromatic N) is 1. The Labute approximate surface area is 128 Å². The molecule has 1 N–H and O–H groups in total.